The standard InChI is InChI=1S/H8N3O7P3/c1-11(2,4)9-12(3,5)10-13(6,7)8/h(H2,3,5)(H4,1,2,4)(H2,6,7,8). The Balaban J connectivity index is 4.54. The lowest BCUT2D eigenvalue weighted by Gasteiger charge is -2.14. The molecule has 0 saturated heterocycles. The van der Waals surface area contributed by atoms with E-state index in [9.17, 15) is 13.7 Å². The minimum Gasteiger partial charge on any atom is -0.302 e. The maximum Gasteiger partial charge on any atom is 0.477 e. The molecule has 80 valence electrons. The second-order valence-corrected chi connectivity index (χ2v) is 6.50. The molecular formula is H8N3O7P3. The summed E-state index contributed by atoms with van der Waals surface area (Å²) in [5.41, 5.74) is 13.7. The Bertz CT molecular complexity index is 281. The molecule has 10 nitrogen and oxygen atoms in total. The van der Waals surface area contributed by atoms with Crippen LogP contribution in [0, 0.1) is 0 Å². The largest absolute Gasteiger partial charge is 0.477 e. The molecule has 8 N–H and O–H groups in total. The Morgan fingerprint density at radius 3 is 1.54 bits per heavy atom. The molecule has 0 aliphatic rings. The molecule has 1 unspecified atom stereocenters. The van der Waals surface area contributed by atoms with Gasteiger partial charge in [-0.3, -0.25) is 4.57 Å². The van der Waals surface area contributed by atoms with Crippen molar-refractivity contribution in [1.29, 1.82) is 0 Å². The number of rotatable bonds is 4. The zero-order chi connectivity index (χ0) is 10.9. The second-order valence-electron chi connectivity index (χ2n) is 1.84. The summed E-state index contributed by atoms with van der Waals surface area (Å²) in [6.45, 7) is 0. The van der Waals surface area contributed by atoms with E-state index < -0.39 is 23.2 Å². The van der Waals surface area contributed by atoms with Crippen LogP contribution in [0.1, 0.15) is 0 Å². The molecule has 1 atom stereocenters. The lowest BCUT2D eigenvalue weighted by molar-refractivity contribution is 0.266. The lowest BCUT2D eigenvalue weighted by Crippen LogP contribution is -2.11. The summed E-state index contributed by atoms with van der Waals surface area (Å²) in [6, 6.07) is 0. The SMILES string of the molecule is NP(N)(=O)OP(N)(=O)OP(=O)(O)O. The highest BCUT2D eigenvalue weighted by atomic mass is 31.3. The van der Waals surface area contributed by atoms with Crippen LogP contribution in [0.3, 0.4) is 0 Å². The van der Waals surface area contributed by atoms with E-state index in [4.69, 9.17) is 9.79 Å². The topological polar surface area (TPSA) is 188 Å². The molecule has 0 aliphatic heterocycles. The van der Waals surface area contributed by atoms with Gasteiger partial charge >= 0.3 is 23.2 Å². The van der Waals surface area contributed by atoms with Crippen LogP contribution in [0.2, 0.25) is 0 Å². The van der Waals surface area contributed by atoms with E-state index in [2.05, 4.69) is 25.1 Å². The maximum absolute atomic E-state index is 10.8. The molecule has 0 aromatic heterocycles. The van der Waals surface area contributed by atoms with Crippen LogP contribution in [0.25, 0.3) is 0 Å². The van der Waals surface area contributed by atoms with Gasteiger partial charge in [0.25, 0.3) is 0 Å². The second kappa shape index (κ2) is 3.88. The molecule has 0 aromatic carbocycles. The van der Waals surface area contributed by atoms with E-state index >= 15 is 0 Å². The first-order chi connectivity index (χ1) is 5.41. The third kappa shape index (κ3) is 8.73. The van der Waals surface area contributed by atoms with E-state index in [1.54, 1.807) is 0 Å². The number of hydrogen-bond acceptors (Lipinski definition) is 5. The molecule has 0 spiro atoms. The summed E-state index contributed by atoms with van der Waals surface area (Å²) in [5.74, 6) is 0. The van der Waals surface area contributed by atoms with Gasteiger partial charge in [-0.15, -0.1) is 0 Å². The number of phosphoric acid groups is 1. The highest BCUT2D eigenvalue weighted by Gasteiger charge is 2.34. The smallest absolute Gasteiger partial charge is 0.302 e. The zero-order valence-corrected chi connectivity index (χ0v) is 8.69. The molecular weight excluding hydrogens is 247 g/mol. The molecule has 0 aliphatic carbocycles. The van der Waals surface area contributed by atoms with Crippen molar-refractivity contribution in [2.24, 2.45) is 16.5 Å². The van der Waals surface area contributed by atoms with Gasteiger partial charge in [-0.05, 0) is 0 Å². The molecule has 0 fully saturated rings. The summed E-state index contributed by atoms with van der Waals surface area (Å²) in [4.78, 5) is 16.3. The van der Waals surface area contributed by atoms with Gasteiger partial charge in [0, 0.05) is 0 Å². The van der Waals surface area contributed by atoms with Crippen molar-refractivity contribution >= 4 is 23.2 Å². The molecule has 0 saturated carbocycles. The first-order valence-electron chi connectivity index (χ1n) is 2.45. The summed E-state index contributed by atoms with van der Waals surface area (Å²) in [7, 11) is -14.1. The fourth-order valence-corrected chi connectivity index (χ4v) is 3.34. The van der Waals surface area contributed by atoms with E-state index in [1.165, 1.54) is 0 Å². The van der Waals surface area contributed by atoms with Crippen LogP contribution >= 0.6 is 23.2 Å². The van der Waals surface area contributed by atoms with Crippen LogP contribution in [0.15, 0.2) is 0 Å². The number of nitrogens with two attached hydrogens (primary N) is 3. The van der Waals surface area contributed by atoms with E-state index in [-0.39, 0.29) is 0 Å². The van der Waals surface area contributed by atoms with Crippen molar-refractivity contribution in [3.05, 3.63) is 0 Å². The summed E-state index contributed by atoms with van der Waals surface area (Å²) >= 11 is 0. The third-order valence-corrected chi connectivity index (χ3v) is 4.15. The molecule has 13 heavy (non-hydrogen) atoms. The molecule has 0 radical (unpaired) electrons. The van der Waals surface area contributed by atoms with E-state index in [0.29, 0.717) is 0 Å². The lowest BCUT2D eigenvalue weighted by atomic mass is 13.9. The van der Waals surface area contributed by atoms with E-state index in [0.717, 1.165) is 0 Å². The number of hydrogen-bond donors (Lipinski definition) is 5. The van der Waals surface area contributed by atoms with Gasteiger partial charge in [0.15, 0.2) is 0 Å². The molecule has 0 amide bonds. The average molecular weight is 255 g/mol. The van der Waals surface area contributed by atoms with Crippen LogP contribution in [0.5, 0.6) is 0 Å². The Morgan fingerprint density at radius 1 is 0.923 bits per heavy atom. The first-order valence-corrected chi connectivity index (χ1v) is 7.36. The van der Waals surface area contributed by atoms with Crippen molar-refractivity contribution in [1.82, 2.24) is 0 Å². The zero-order valence-electron chi connectivity index (χ0n) is 6.01. The first kappa shape index (κ1) is 13.4. The van der Waals surface area contributed by atoms with E-state index in [1.807, 2.05) is 0 Å². The highest BCUT2D eigenvalue weighted by molar-refractivity contribution is 7.70. The molecule has 13 heteroatoms. The van der Waals surface area contributed by atoms with Gasteiger partial charge in [0.1, 0.15) is 0 Å². The Kier molecular flexibility index (Phi) is 4.00. The Labute approximate surface area is 72.8 Å². The minimum absolute atomic E-state index is 3.45. The summed E-state index contributed by atoms with van der Waals surface area (Å²) in [5, 5.41) is 0. The monoisotopic (exact) mass is 255 g/mol. The maximum atomic E-state index is 10.8. The fraction of sp³-hybridized carbons (Fsp3) is 0. The fourth-order valence-electron chi connectivity index (χ4n) is 0.341. The van der Waals surface area contributed by atoms with Crippen LogP contribution < -0.4 is 16.5 Å². The van der Waals surface area contributed by atoms with Gasteiger partial charge in [0.05, 0.1) is 0 Å². The molecule has 0 rings (SSSR count). The molecule has 0 bridgehead atoms. The highest BCUT2D eigenvalue weighted by Crippen LogP contribution is 2.60. The van der Waals surface area contributed by atoms with Crippen molar-refractivity contribution in [3.63, 3.8) is 0 Å². The summed E-state index contributed by atoms with van der Waals surface area (Å²) < 4.78 is 38.5. The van der Waals surface area contributed by atoms with Crippen LogP contribution in [-0.4, -0.2) is 9.79 Å². The Morgan fingerprint density at radius 2 is 1.31 bits per heavy atom. The van der Waals surface area contributed by atoms with Gasteiger partial charge < -0.3 is 9.79 Å². The quantitative estimate of drug-likeness (QED) is 0.397. The third-order valence-electron chi connectivity index (χ3n) is 0.462. The van der Waals surface area contributed by atoms with Crippen molar-refractivity contribution in [3.8, 4) is 0 Å². The van der Waals surface area contributed by atoms with Crippen molar-refractivity contribution < 1.29 is 32.1 Å². The van der Waals surface area contributed by atoms with Crippen molar-refractivity contribution in [2.45, 2.75) is 0 Å². The van der Waals surface area contributed by atoms with Crippen LogP contribution in [-0.2, 0) is 22.3 Å². The average Bonchev–Trinajstić information content (AvgIpc) is 1.43. The van der Waals surface area contributed by atoms with Gasteiger partial charge in [0.2, 0.25) is 0 Å². The van der Waals surface area contributed by atoms with Crippen LogP contribution in [0.4, 0.5) is 0 Å². The van der Waals surface area contributed by atoms with Crippen molar-refractivity contribution in [2.75, 3.05) is 0 Å². The minimum atomic E-state index is -5.12. The molecule has 0 aromatic rings. The van der Waals surface area contributed by atoms with Gasteiger partial charge in [-0.2, -0.15) is 4.31 Å². The predicted molar refractivity (Wildman–Crippen MR) is 42.0 cm³/mol. The predicted octanol–water partition coefficient (Wildman–Crippen LogP) is -0.795. The van der Waals surface area contributed by atoms with Gasteiger partial charge in [-0.25, -0.2) is 30.0 Å². The summed E-state index contributed by atoms with van der Waals surface area (Å²) in [6.07, 6.45) is 0. The normalized spacial score (nSPS) is 18.2. The molecule has 0 heterocycles. The van der Waals surface area contributed by atoms with Gasteiger partial charge in [-0.1, -0.05) is 0 Å². The Hall–Kier alpha value is 0.410.